The quantitative estimate of drug-likeness (QED) is 0.372. The number of phenolic OH excluding ortho intramolecular Hbond substituents is 5. The topological polar surface area (TPSA) is 162 Å². The molecular formula is C25H28O9. The van der Waals surface area contributed by atoms with Crippen LogP contribution in [0, 0.1) is 17.8 Å². The Morgan fingerprint density at radius 1 is 0.794 bits per heavy atom. The van der Waals surface area contributed by atoms with Crippen molar-refractivity contribution in [2.24, 2.45) is 17.8 Å². The number of hydrogen-bond donors (Lipinski definition) is 5. The highest BCUT2D eigenvalue weighted by atomic mass is 16.5. The van der Waals surface area contributed by atoms with E-state index >= 15 is 0 Å². The van der Waals surface area contributed by atoms with Crippen LogP contribution in [0.15, 0.2) is 6.07 Å². The summed E-state index contributed by atoms with van der Waals surface area (Å²) < 4.78 is 6.10. The zero-order chi connectivity index (χ0) is 25.5. The molecule has 0 saturated carbocycles. The van der Waals surface area contributed by atoms with Crippen LogP contribution < -0.4 is 4.74 Å². The van der Waals surface area contributed by atoms with Gasteiger partial charge >= 0.3 is 0 Å². The van der Waals surface area contributed by atoms with Gasteiger partial charge < -0.3 is 30.3 Å². The van der Waals surface area contributed by atoms with E-state index in [4.69, 9.17) is 4.74 Å². The fraction of sp³-hybridized carbons (Fsp3) is 0.400. The van der Waals surface area contributed by atoms with E-state index < -0.39 is 57.8 Å². The third kappa shape index (κ3) is 3.81. The third-order valence-corrected chi connectivity index (χ3v) is 6.42. The SMILES string of the molecule is CC(C)CC1c2c(cc(O)c(C=O)c2O)OC(c2c(O)c(C=O)c(O)c(C=O)c2O)C1C(C)C. The van der Waals surface area contributed by atoms with E-state index in [2.05, 4.69) is 0 Å². The van der Waals surface area contributed by atoms with Crippen LogP contribution in [-0.2, 0) is 0 Å². The Morgan fingerprint density at radius 2 is 1.29 bits per heavy atom. The zero-order valence-electron chi connectivity index (χ0n) is 19.3. The number of benzene rings is 2. The number of carbonyl (C=O) groups excluding carboxylic acids is 3. The second-order valence-corrected chi connectivity index (χ2v) is 9.31. The van der Waals surface area contributed by atoms with Crippen molar-refractivity contribution in [1.29, 1.82) is 0 Å². The maximum absolute atomic E-state index is 11.6. The van der Waals surface area contributed by atoms with Crippen molar-refractivity contribution in [2.75, 3.05) is 0 Å². The summed E-state index contributed by atoms with van der Waals surface area (Å²) in [4.78, 5) is 34.7. The zero-order valence-corrected chi connectivity index (χ0v) is 19.3. The molecule has 2 aromatic carbocycles. The fourth-order valence-electron chi connectivity index (χ4n) is 4.97. The van der Waals surface area contributed by atoms with Gasteiger partial charge in [-0.05, 0) is 24.2 Å². The highest BCUT2D eigenvalue weighted by molar-refractivity contribution is 5.95. The average molecular weight is 472 g/mol. The van der Waals surface area contributed by atoms with Crippen molar-refractivity contribution in [2.45, 2.75) is 46.1 Å². The molecule has 3 atom stereocenters. The van der Waals surface area contributed by atoms with Gasteiger partial charge in [0.2, 0.25) is 0 Å². The molecule has 34 heavy (non-hydrogen) atoms. The van der Waals surface area contributed by atoms with Crippen LogP contribution in [-0.4, -0.2) is 44.4 Å². The Morgan fingerprint density at radius 3 is 1.74 bits per heavy atom. The summed E-state index contributed by atoms with van der Waals surface area (Å²) in [5, 5.41) is 53.0. The predicted molar refractivity (Wildman–Crippen MR) is 121 cm³/mol. The first-order valence-corrected chi connectivity index (χ1v) is 10.9. The van der Waals surface area contributed by atoms with E-state index in [0.29, 0.717) is 18.3 Å². The molecule has 0 fully saturated rings. The van der Waals surface area contributed by atoms with Crippen LogP contribution in [0.1, 0.15) is 88.3 Å². The number of carbonyl (C=O) groups is 3. The second-order valence-electron chi connectivity index (χ2n) is 9.31. The largest absolute Gasteiger partial charge is 0.507 e. The minimum atomic E-state index is -1.13. The number of rotatable bonds is 7. The van der Waals surface area contributed by atoms with Crippen LogP contribution in [0.2, 0.25) is 0 Å². The molecule has 0 aromatic heterocycles. The van der Waals surface area contributed by atoms with Crippen molar-refractivity contribution in [1.82, 2.24) is 0 Å². The maximum Gasteiger partial charge on any atom is 0.157 e. The average Bonchev–Trinajstić information content (AvgIpc) is 2.73. The highest BCUT2D eigenvalue weighted by Crippen LogP contribution is 2.58. The molecule has 0 aliphatic carbocycles. The third-order valence-electron chi connectivity index (χ3n) is 6.42. The molecular weight excluding hydrogens is 444 g/mol. The van der Waals surface area contributed by atoms with E-state index in [1.165, 1.54) is 6.07 Å². The lowest BCUT2D eigenvalue weighted by molar-refractivity contribution is 0.0508. The van der Waals surface area contributed by atoms with Gasteiger partial charge in [-0.2, -0.15) is 0 Å². The van der Waals surface area contributed by atoms with Crippen molar-refractivity contribution < 1.29 is 44.7 Å². The summed E-state index contributed by atoms with van der Waals surface area (Å²) in [5.74, 6) is -4.28. The number of hydrogen-bond acceptors (Lipinski definition) is 9. The Balaban J connectivity index is 2.40. The van der Waals surface area contributed by atoms with Gasteiger partial charge in [0.25, 0.3) is 0 Å². The molecule has 3 unspecified atom stereocenters. The van der Waals surface area contributed by atoms with E-state index in [-0.39, 0.29) is 41.3 Å². The molecule has 0 spiro atoms. The van der Waals surface area contributed by atoms with Crippen LogP contribution in [0.25, 0.3) is 0 Å². The van der Waals surface area contributed by atoms with Crippen LogP contribution >= 0.6 is 0 Å². The normalized spacial score (nSPS) is 19.5. The number of aromatic hydroxyl groups is 5. The first-order chi connectivity index (χ1) is 16.0. The molecule has 0 radical (unpaired) electrons. The molecule has 0 bridgehead atoms. The lowest BCUT2D eigenvalue weighted by Crippen LogP contribution is -2.34. The first-order valence-electron chi connectivity index (χ1n) is 10.9. The van der Waals surface area contributed by atoms with Gasteiger partial charge in [-0.3, -0.25) is 14.4 Å². The Kier molecular flexibility index (Phi) is 6.77. The summed E-state index contributed by atoms with van der Waals surface area (Å²) in [5.41, 5.74) is -1.38. The van der Waals surface area contributed by atoms with Gasteiger partial charge in [0.1, 0.15) is 40.6 Å². The fourth-order valence-corrected chi connectivity index (χ4v) is 4.97. The van der Waals surface area contributed by atoms with Gasteiger partial charge in [-0.1, -0.05) is 27.7 Å². The van der Waals surface area contributed by atoms with Crippen molar-refractivity contribution in [3.05, 3.63) is 33.9 Å². The minimum absolute atomic E-state index is 0.0281. The maximum atomic E-state index is 11.6. The van der Waals surface area contributed by atoms with E-state index in [9.17, 15) is 39.9 Å². The van der Waals surface area contributed by atoms with Gasteiger partial charge in [-0.15, -0.1) is 0 Å². The highest BCUT2D eigenvalue weighted by Gasteiger charge is 2.46. The van der Waals surface area contributed by atoms with Crippen LogP contribution in [0.5, 0.6) is 34.5 Å². The number of fused-ring (bicyclic) bond motifs is 1. The molecule has 1 aliphatic rings. The molecule has 1 aliphatic heterocycles. The summed E-state index contributed by atoms with van der Waals surface area (Å²) in [7, 11) is 0. The first kappa shape index (κ1) is 24.9. The molecule has 0 saturated heterocycles. The van der Waals surface area contributed by atoms with Gasteiger partial charge in [0.05, 0.1) is 22.3 Å². The molecule has 5 N–H and O–H groups in total. The Hall–Kier alpha value is -3.75. The molecule has 9 nitrogen and oxygen atoms in total. The van der Waals surface area contributed by atoms with Crippen LogP contribution in [0.3, 0.4) is 0 Å². The van der Waals surface area contributed by atoms with Gasteiger partial charge in [0, 0.05) is 17.5 Å². The summed E-state index contributed by atoms with van der Waals surface area (Å²) in [6, 6.07) is 1.17. The summed E-state index contributed by atoms with van der Waals surface area (Å²) in [6.45, 7) is 7.66. The standard InChI is InChI=1S/C25H28O9/c1-10(2)5-12-18(11(3)4)25(34-17-6-16(29)13(7-26)22(31)19(12)17)20-23(32)14(8-27)21(30)15(9-28)24(20)33/h6-12,18,25,29-33H,5H2,1-4H3. The predicted octanol–water partition coefficient (Wildman–Crippen LogP) is 4.19. The van der Waals surface area contributed by atoms with E-state index in [1.54, 1.807) is 0 Å². The van der Waals surface area contributed by atoms with Gasteiger partial charge in [-0.25, -0.2) is 0 Å². The lowest BCUT2D eigenvalue weighted by atomic mass is 9.68. The van der Waals surface area contributed by atoms with Crippen molar-refractivity contribution in [3.63, 3.8) is 0 Å². The number of aldehydes is 3. The lowest BCUT2D eigenvalue weighted by Gasteiger charge is -2.43. The molecule has 182 valence electrons. The molecule has 3 rings (SSSR count). The molecule has 0 amide bonds. The van der Waals surface area contributed by atoms with Crippen molar-refractivity contribution >= 4 is 18.9 Å². The monoisotopic (exact) mass is 472 g/mol. The van der Waals surface area contributed by atoms with E-state index in [1.807, 2.05) is 27.7 Å². The molecule has 9 heteroatoms. The molecule has 1 heterocycles. The summed E-state index contributed by atoms with van der Waals surface area (Å²) >= 11 is 0. The Labute approximate surface area is 196 Å². The second kappa shape index (κ2) is 9.24. The number of ether oxygens (including phenoxy) is 1. The smallest absolute Gasteiger partial charge is 0.157 e. The van der Waals surface area contributed by atoms with Gasteiger partial charge in [0.15, 0.2) is 18.9 Å². The Bertz CT molecular complexity index is 1120. The van der Waals surface area contributed by atoms with Crippen molar-refractivity contribution in [3.8, 4) is 34.5 Å². The molecule has 2 aromatic rings. The van der Waals surface area contributed by atoms with Crippen LogP contribution in [0.4, 0.5) is 0 Å². The number of phenols is 5. The minimum Gasteiger partial charge on any atom is -0.507 e. The van der Waals surface area contributed by atoms with E-state index in [0.717, 1.165) is 0 Å². The summed E-state index contributed by atoms with van der Waals surface area (Å²) in [6.07, 6.45) is 0.0590.